The zero-order valence-electron chi connectivity index (χ0n) is 15.8. The van der Waals surface area contributed by atoms with E-state index in [-0.39, 0.29) is 22.6 Å². The fourth-order valence-electron chi connectivity index (χ4n) is 2.87. The highest BCUT2D eigenvalue weighted by molar-refractivity contribution is 8.00. The van der Waals surface area contributed by atoms with Gasteiger partial charge in [-0.3, -0.25) is 4.79 Å². The fourth-order valence-corrected chi connectivity index (χ4v) is 4.96. The maximum atomic E-state index is 12.8. The fraction of sp³-hybridized carbons (Fsp3) is 0.316. The third-order valence-corrected chi connectivity index (χ3v) is 6.85. The summed E-state index contributed by atoms with van der Waals surface area (Å²) in [5.74, 6) is 1.04. The summed E-state index contributed by atoms with van der Waals surface area (Å²) >= 11 is 1.55. The summed E-state index contributed by atoms with van der Waals surface area (Å²) in [6.45, 7) is 2.00. The van der Waals surface area contributed by atoms with Crippen LogP contribution in [-0.4, -0.2) is 33.8 Å². The maximum Gasteiger partial charge on any atom is 0.240 e. The lowest BCUT2D eigenvalue weighted by Crippen LogP contribution is -2.23. The highest BCUT2D eigenvalue weighted by Gasteiger charge is 2.22. The van der Waals surface area contributed by atoms with Crippen molar-refractivity contribution in [2.24, 2.45) is 0 Å². The van der Waals surface area contributed by atoms with E-state index < -0.39 is 10.0 Å². The van der Waals surface area contributed by atoms with Gasteiger partial charge in [-0.05, 0) is 36.4 Å². The zero-order chi connectivity index (χ0) is 20.3. The van der Waals surface area contributed by atoms with Gasteiger partial charge >= 0.3 is 0 Å². The van der Waals surface area contributed by atoms with Crippen LogP contribution in [0.4, 0.5) is 5.69 Å². The number of sulfonamides is 1. The third-order valence-electron chi connectivity index (χ3n) is 4.28. The van der Waals surface area contributed by atoms with Crippen LogP contribution in [0.3, 0.4) is 0 Å². The number of hydrogen-bond donors (Lipinski definition) is 2. The normalized spacial score (nSPS) is 16.7. The Hall–Kier alpha value is -2.23. The van der Waals surface area contributed by atoms with E-state index in [1.165, 1.54) is 13.2 Å². The van der Waals surface area contributed by atoms with Crippen LogP contribution in [0.5, 0.6) is 11.5 Å². The summed E-state index contributed by atoms with van der Waals surface area (Å²) in [7, 11) is -0.725. The molecule has 1 atom stereocenters. The first-order chi connectivity index (χ1) is 13.3. The Balaban J connectivity index is 1.83. The standard InChI is InChI=1S/C19H22N2O5S2/c1-12-8-19(22)21-16-10-15(5-7-18(16)27-12)28(23,24)20-11-13-9-14(25-2)4-6-17(13)26-3/h4-7,9-10,12,20H,8,11H2,1-3H3,(H,21,22). The molecule has 9 heteroatoms. The summed E-state index contributed by atoms with van der Waals surface area (Å²) in [5, 5.41) is 2.91. The quantitative estimate of drug-likeness (QED) is 0.743. The summed E-state index contributed by atoms with van der Waals surface area (Å²) in [5.41, 5.74) is 1.17. The van der Waals surface area contributed by atoms with Crippen molar-refractivity contribution in [3.63, 3.8) is 0 Å². The summed E-state index contributed by atoms with van der Waals surface area (Å²) in [6.07, 6.45) is 0.384. The van der Waals surface area contributed by atoms with E-state index in [0.29, 0.717) is 29.2 Å². The Morgan fingerprint density at radius 2 is 1.96 bits per heavy atom. The molecule has 7 nitrogen and oxygen atoms in total. The second kappa shape index (κ2) is 8.42. The number of benzene rings is 2. The van der Waals surface area contributed by atoms with Gasteiger partial charge in [-0.1, -0.05) is 6.92 Å². The van der Waals surface area contributed by atoms with E-state index in [1.807, 2.05) is 6.92 Å². The number of nitrogens with one attached hydrogen (secondary N) is 2. The van der Waals surface area contributed by atoms with E-state index in [0.717, 1.165) is 4.90 Å². The van der Waals surface area contributed by atoms with Gasteiger partial charge in [-0.15, -0.1) is 11.8 Å². The molecule has 1 heterocycles. The molecule has 1 aliphatic rings. The van der Waals surface area contributed by atoms with Gasteiger partial charge in [0.2, 0.25) is 15.9 Å². The zero-order valence-corrected chi connectivity index (χ0v) is 17.4. The van der Waals surface area contributed by atoms with Gasteiger partial charge in [-0.25, -0.2) is 13.1 Å². The number of carbonyl (C=O) groups is 1. The first-order valence-electron chi connectivity index (χ1n) is 8.63. The van der Waals surface area contributed by atoms with Crippen LogP contribution in [0.15, 0.2) is 46.2 Å². The molecule has 0 saturated carbocycles. The van der Waals surface area contributed by atoms with Crippen molar-refractivity contribution in [2.45, 2.75) is 34.9 Å². The molecule has 1 aliphatic heterocycles. The van der Waals surface area contributed by atoms with Crippen molar-refractivity contribution in [3.05, 3.63) is 42.0 Å². The van der Waals surface area contributed by atoms with E-state index in [9.17, 15) is 13.2 Å². The summed E-state index contributed by atoms with van der Waals surface area (Å²) in [4.78, 5) is 12.9. The highest BCUT2D eigenvalue weighted by Crippen LogP contribution is 2.36. The molecule has 0 aromatic heterocycles. The first kappa shape index (κ1) is 20.5. The second-order valence-electron chi connectivity index (χ2n) is 6.34. The minimum absolute atomic E-state index is 0.0396. The number of hydrogen-bond acceptors (Lipinski definition) is 6. The van der Waals surface area contributed by atoms with Gasteiger partial charge < -0.3 is 14.8 Å². The lowest BCUT2D eigenvalue weighted by atomic mass is 10.2. The molecule has 2 aromatic rings. The average molecular weight is 423 g/mol. The van der Waals surface area contributed by atoms with E-state index >= 15 is 0 Å². The predicted molar refractivity (Wildman–Crippen MR) is 109 cm³/mol. The van der Waals surface area contributed by atoms with Gasteiger partial charge in [0.15, 0.2) is 0 Å². The van der Waals surface area contributed by atoms with E-state index in [4.69, 9.17) is 9.47 Å². The number of amides is 1. The Labute approximate surface area is 168 Å². The van der Waals surface area contributed by atoms with Crippen molar-refractivity contribution < 1.29 is 22.7 Å². The number of methoxy groups -OCH3 is 2. The van der Waals surface area contributed by atoms with Gasteiger partial charge in [0.25, 0.3) is 0 Å². The minimum Gasteiger partial charge on any atom is -0.497 e. The first-order valence-corrected chi connectivity index (χ1v) is 11.0. The Morgan fingerprint density at radius 3 is 2.68 bits per heavy atom. The Morgan fingerprint density at radius 1 is 1.18 bits per heavy atom. The number of ether oxygens (including phenoxy) is 2. The molecule has 3 rings (SSSR count). The Bertz CT molecular complexity index is 992. The second-order valence-corrected chi connectivity index (χ2v) is 9.59. The lowest BCUT2D eigenvalue weighted by molar-refractivity contribution is -0.116. The number of fused-ring (bicyclic) bond motifs is 1. The number of rotatable bonds is 6. The third kappa shape index (κ3) is 4.60. The maximum absolute atomic E-state index is 12.8. The largest absolute Gasteiger partial charge is 0.497 e. The average Bonchev–Trinajstić information content (AvgIpc) is 2.81. The van der Waals surface area contributed by atoms with Crippen molar-refractivity contribution in [1.82, 2.24) is 4.72 Å². The Kier molecular flexibility index (Phi) is 6.17. The van der Waals surface area contributed by atoms with Crippen LogP contribution in [0.2, 0.25) is 0 Å². The summed E-state index contributed by atoms with van der Waals surface area (Å²) < 4.78 is 38.6. The van der Waals surface area contributed by atoms with Gasteiger partial charge in [-0.2, -0.15) is 0 Å². The SMILES string of the molecule is COc1ccc(OC)c(CNS(=O)(=O)c2ccc3c(c2)NC(=O)CC(C)S3)c1. The van der Waals surface area contributed by atoms with Crippen molar-refractivity contribution in [2.75, 3.05) is 19.5 Å². The molecule has 0 saturated heterocycles. The molecular weight excluding hydrogens is 400 g/mol. The van der Waals surface area contributed by atoms with Gasteiger partial charge in [0, 0.05) is 28.7 Å². The smallest absolute Gasteiger partial charge is 0.240 e. The van der Waals surface area contributed by atoms with E-state index in [2.05, 4.69) is 10.0 Å². The predicted octanol–water partition coefficient (Wildman–Crippen LogP) is 3.01. The molecule has 28 heavy (non-hydrogen) atoms. The van der Waals surface area contributed by atoms with Gasteiger partial charge in [0.1, 0.15) is 11.5 Å². The molecular formula is C19H22N2O5S2. The number of thioether (sulfide) groups is 1. The molecule has 1 amide bonds. The molecule has 2 aromatic carbocycles. The van der Waals surface area contributed by atoms with E-state index in [1.54, 1.807) is 49.2 Å². The van der Waals surface area contributed by atoms with Crippen LogP contribution in [-0.2, 0) is 21.4 Å². The van der Waals surface area contributed by atoms with Crippen LogP contribution < -0.4 is 19.5 Å². The van der Waals surface area contributed by atoms with Crippen molar-refractivity contribution >= 4 is 33.4 Å². The lowest BCUT2D eigenvalue weighted by Gasteiger charge is -2.13. The molecule has 150 valence electrons. The molecule has 0 aliphatic carbocycles. The highest BCUT2D eigenvalue weighted by atomic mass is 32.2. The van der Waals surface area contributed by atoms with Crippen LogP contribution in [0, 0.1) is 0 Å². The number of anilines is 1. The molecule has 1 unspecified atom stereocenters. The molecule has 0 radical (unpaired) electrons. The van der Waals surface area contributed by atoms with Crippen LogP contribution in [0.1, 0.15) is 18.9 Å². The van der Waals surface area contributed by atoms with Crippen LogP contribution in [0.25, 0.3) is 0 Å². The molecule has 0 spiro atoms. The topological polar surface area (TPSA) is 93.7 Å². The van der Waals surface area contributed by atoms with Crippen molar-refractivity contribution in [1.29, 1.82) is 0 Å². The van der Waals surface area contributed by atoms with Crippen LogP contribution >= 0.6 is 11.8 Å². The number of carbonyl (C=O) groups excluding carboxylic acids is 1. The minimum atomic E-state index is -3.79. The van der Waals surface area contributed by atoms with Gasteiger partial charge in [0.05, 0.1) is 24.8 Å². The molecule has 0 fully saturated rings. The molecule has 0 bridgehead atoms. The van der Waals surface area contributed by atoms with Crippen molar-refractivity contribution in [3.8, 4) is 11.5 Å². The molecule has 2 N–H and O–H groups in total. The summed E-state index contributed by atoms with van der Waals surface area (Å²) in [6, 6.07) is 9.94. The monoisotopic (exact) mass is 422 g/mol.